The molecule has 1 aromatic rings. The van der Waals surface area contributed by atoms with Gasteiger partial charge in [0.25, 0.3) is 0 Å². The number of carbonyl (C=O) groups excluding carboxylic acids is 1. The highest BCUT2D eigenvalue weighted by atomic mass is 16.3. The fraction of sp³-hybridized carbons (Fsp3) is 0.667. The van der Waals surface area contributed by atoms with Crippen molar-refractivity contribution in [2.75, 3.05) is 32.8 Å². The summed E-state index contributed by atoms with van der Waals surface area (Å²) in [6.07, 6.45) is 14.9. The summed E-state index contributed by atoms with van der Waals surface area (Å²) in [5.41, 5.74) is 1.27. The zero-order chi connectivity index (χ0) is 22.6. The number of benzene rings is 1. The fourth-order valence-corrected chi connectivity index (χ4v) is 4.30. The number of unbranched alkanes of at least 4 members (excludes halogenated alkanes) is 8. The van der Waals surface area contributed by atoms with Crippen LogP contribution in [0.15, 0.2) is 43.0 Å². The minimum atomic E-state index is 0.158. The second kappa shape index (κ2) is 18.0. The third-order valence-corrected chi connectivity index (χ3v) is 6.09. The van der Waals surface area contributed by atoms with Crippen molar-refractivity contribution in [1.82, 2.24) is 5.32 Å². The van der Waals surface area contributed by atoms with Crippen LogP contribution in [0.3, 0.4) is 0 Å². The Hall–Kier alpha value is -1.65. The molecule has 1 rings (SSSR count). The molecular formula is C27H47N2O2+. The predicted octanol–water partition coefficient (Wildman–Crippen LogP) is 5.61. The zero-order valence-corrected chi connectivity index (χ0v) is 20.0. The van der Waals surface area contributed by atoms with E-state index in [0.717, 1.165) is 43.4 Å². The number of rotatable bonds is 20. The third kappa shape index (κ3) is 13.4. The molecule has 176 valence electrons. The van der Waals surface area contributed by atoms with E-state index in [0.29, 0.717) is 19.5 Å². The standard InChI is InChI=1S/C27H46N2O2/c1-3-5-6-7-8-9-10-11-15-19-27(31)28-20-16-22-29(21-4-2,23-24-30)25-26-17-13-12-14-18-26/h4,12-14,17-18,30H,2-3,5-11,15-16,19-25H2,1H3/p+1. The highest BCUT2D eigenvalue weighted by molar-refractivity contribution is 5.75. The number of aliphatic hydroxyl groups excluding tert-OH is 1. The lowest BCUT2D eigenvalue weighted by atomic mass is 10.1. The zero-order valence-electron chi connectivity index (χ0n) is 20.0. The Balaban J connectivity index is 2.24. The van der Waals surface area contributed by atoms with Gasteiger partial charge in [-0.1, -0.05) is 95.2 Å². The first kappa shape index (κ1) is 27.4. The van der Waals surface area contributed by atoms with Crippen molar-refractivity contribution in [1.29, 1.82) is 0 Å². The van der Waals surface area contributed by atoms with Gasteiger partial charge < -0.3 is 14.9 Å². The van der Waals surface area contributed by atoms with Gasteiger partial charge in [0.2, 0.25) is 5.91 Å². The Bertz CT molecular complexity index is 576. The quantitative estimate of drug-likeness (QED) is 0.160. The second-order valence-electron chi connectivity index (χ2n) is 8.91. The minimum Gasteiger partial charge on any atom is -0.391 e. The first-order valence-corrected chi connectivity index (χ1v) is 12.5. The molecule has 0 radical (unpaired) electrons. The highest BCUT2D eigenvalue weighted by Gasteiger charge is 2.25. The Morgan fingerprint density at radius 1 is 0.968 bits per heavy atom. The van der Waals surface area contributed by atoms with E-state index in [4.69, 9.17) is 0 Å². The summed E-state index contributed by atoms with van der Waals surface area (Å²) in [7, 11) is 0. The van der Waals surface area contributed by atoms with E-state index in [1.54, 1.807) is 0 Å². The van der Waals surface area contributed by atoms with Crippen LogP contribution in [0.25, 0.3) is 0 Å². The maximum absolute atomic E-state index is 12.1. The van der Waals surface area contributed by atoms with Gasteiger partial charge in [-0.3, -0.25) is 4.79 Å². The molecular weight excluding hydrogens is 384 g/mol. The van der Waals surface area contributed by atoms with Crippen LogP contribution in [0, 0.1) is 0 Å². The van der Waals surface area contributed by atoms with E-state index >= 15 is 0 Å². The van der Waals surface area contributed by atoms with Crippen LogP contribution in [0.5, 0.6) is 0 Å². The van der Waals surface area contributed by atoms with Gasteiger partial charge in [0.05, 0.1) is 19.7 Å². The van der Waals surface area contributed by atoms with Crippen molar-refractivity contribution >= 4 is 5.91 Å². The molecule has 0 aromatic heterocycles. The van der Waals surface area contributed by atoms with E-state index < -0.39 is 0 Å². The molecule has 0 bridgehead atoms. The summed E-state index contributed by atoms with van der Waals surface area (Å²) in [4.78, 5) is 12.1. The largest absolute Gasteiger partial charge is 0.391 e. The van der Waals surface area contributed by atoms with Crippen molar-refractivity contribution in [3.8, 4) is 0 Å². The number of quaternary nitrogens is 1. The molecule has 0 saturated heterocycles. The lowest BCUT2D eigenvalue weighted by Crippen LogP contribution is -2.50. The first-order chi connectivity index (χ1) is 15.2. The third-order valence-electron chi connectivity index (χ3n) is 6.09. The monoisotopic (exact) mass is 431 g/mol. The Morgan fingerprint density at radius 3 is 2.23 bits per heavy atom. The molecule has 4 nitrogen and oxygen atoms in total. The van der Waals surface area contributed by atoms with Crippen LogP contribution in [0.2, 0.25) is 0 Å². The van der Waals surface area contributed by atoms with Crippen molar-refractivity contribution in [2.24, 2.45) is 0 Å². The number of aliphatic hydroxyl groups is 1. The molecule has 0 aliphatic carbocycles. The molecule has 1 unspecified atom stereocenters. The molecule has 0 heterocycles. The van der Waals surface area contributed by atoms with Crippen LogP contribution in [-0.4, -0.2) is 48.3 Å². The number of hydrogen-bond donors (Lipinski definition) is 2. The molecule has 1 aromatic carbocycles. The molecule has 1 atom stereocenters. The van der Waals surface area contributed by atoms with E-state index in [1.807, 2.05) is 12.1 Å². The van der Waals surface area contributed by atoms with Crippen LogP contribution >= 0.6 is 0 Å². The predicted molar refractivity (Wildman–Crippen MR) is 132 cm³/mol. The van der Waals surface area contributed by atoms with E-state index in [-0.39, 0.29) is 12.5 Å². The normalized spacial score (nSPS) is 13.0. The lowest BCUT2D eigenvalue weighted by Gasteiger charge is -2.37. The molecule has 31 heavy (non-hydrogen) atoms. The lowest BCUT2D eigenvalue weighted by molar-refractivity contribution is -0.936. The molecule has 0 spiro atoms. The van der Waals surface area contributed by atoms with Crippen LogP contribution < -0.4 is 5.32 Å². The van der Waals surface area contributed by atoms with Crippen molar-refractivity contribution in [2.45, 2.75) is 84.1 Å². The molecule has 0 aliphatic heterocycles. The summed E-state index contributed by atoms with van der Waals surface area (Å²) < 4.78 is 0.776. The van der Waals surface area contributed by atoms with Crippen molar-refractivity contribution < 1.29 is 14.4 Å². The summed E-state index contributed by atoms with van der Waals surface area (Å²) in [5.74, 6) is 0.176. The number of nitrogens with zero attached hydrogens (tertiary/aromatic N) is 1. The summed E-state index contributed by atoms with van der Waals surface area (Å²) >= 11 is 0. The van der Waals surface area contributed by atoms with Gasteiger partial charge in [-0.2, -0.15) is 0 Å². The Kier molecular flexibility index (Phi) is 15.9. The molecule has 1 amide bonds. The number of nitrogens with one attached hydrogen (secondary N) is 1. The Morgan fingerprint density at radius 2 is 1.61 bits per heavy atom. The van der Waals surface area contributed by atoms with Gasteiger partial charge in [-0.15, -0.1) is 0 Å². The molecule has 2 N–H and O–H groups in total. The van der Waals surface area contributed by atoms with E-state index in [1.165, 1.54) is 50.5 Å². The average Bonchev–Trinajstić information content (AvgIpc) is 2.77. The first-order valence-electron chi connectivity index (χ1n) is 12.5. The summed E-state index contributed by atoms with van der Waals surface area (Å²) in [6.45, 7) is 10.4. The summed E-state index contributed by atoms with van der Waals surface area (Å²) in [6, 6.07) is 10.4. The average molecular weight is 432 g/mol. The second-order valence-corrected chi connectivity index (χ2v) is 8.91. The van der Waals surface area contributed by atoms with Gasteiger partial charge in [-0.25, -0.2) is 0 Å². The highest BCUT2D eigenvalue weighted by Crippen LogP contribution is 2.16. The number of hydrogen-bond acceptors (Lipinski definition) is 2. The molecule has 0 aliphatic rings. The van der Waals surface area contributed by atoms with Gasteiger partial charge in [0.15, 0.2) is 0 Å². The minimum absolute atomic E-state index is 0.158. The van der Waals surface area contributed by atoms with Crippen molar-refractivity contribution in [3.05, 3.63) is 48.6 Å². The van der Waals surface area contributed by atoms with Gasteiger partial charge >= 0.3 is 0 Å². The molecule has 4 heteroatoms. The van der Waals surface area contributed by atoms with Gasteiger partial charge in [0.1, 0.15) is 13.1 Å². The molecule has 0 saturated carbocycles. The van der Waals surface area contributed by atoms with Crippen molar-refractivity contribution in [3.63, 3.8) is 0 Å². The van der Waals surface area contributed by atoms with Crippen LogP contribution in [-0.2, 0) is 11.3 Å². The smallest absolute Gasteiger partial charge is 0.219 e. The van der Waals surface area contributed by atoms with Crippen LogP contribution in [0.1, 0.15) is 83.1 Å². The van der Waals surface area contributed by atoms with Gasteiger partial charge in [-0.05, 0) is 12.5 Å². The van der Waals surface area contributed by atoms with Gasteiger partial charge in [0, 0.05) is 24.9 Å². The Labute approximate surface area is 191 Å². The van der Waals surface area contributed by atoms with Crippen LogP contribution in [0.4, 0.5) is 0 Å². The molecule has 0 fully saturated rings. The number of carbonyl (C=O) groups is 1. The van der Waals surface area contributed by atoms with E-state index in [2.05, 4.69) is 43.1 Å². The summed E-state index contributed by atoms with van der Waals surface area (Å²) in [5, 5.41) is 12.7. The maximum atomic E-state index is 12.1. The number of amides is 1. The maximum Gasteiger partial charge on any atom is 0.219 e. The van der Waals surface area contributed by atoms with E-state index in [9.17, 15) is 9.90 Å². The SMILES string of the molecule is C=CC[N+](CCO)(CCCNC(=O)CCCCCCCCCCC)Cc1ccccc1. The topological polar surface area (TPSA) is 49.3 Å². The fourth-order valence-electron chi connectivity index (χ4n) is 4.30.